The van der Waals surface area contributed by atoms with Crippen LogP contribution in [0.1, 0.15) is 40.5 Å². The molecule has 23 heavy (non-hydrogen) atoms. The van der Waals surface area contributed by atoms with E-state index >= 15 is 0 Å². The Kier molecular flexibility index (Phi) is 4.30. The summed E-state index contributed by atoms with van der Waals surface area (Å²) in [6.07, 6.45) is 2.20. The van der Waals surface area contributed by atoms with Gasteiger partial charge in [0.1, 0.15) is 0 Å². The van der Waals surface area contributed by atoms with Crippen LogP contribution in [0.2, 0.25) is 0 Å². The van der Waals surface area contributed by atoms with Crippen LogP contribution in [0, 0.1) is 0 Å². The molecule has 0 aliphatic carbocycles. The van der Waals surface area contributed by atoms with E-state index in [1.807, 2.05) is 24.3 Å². The van der Waals surface area contributed by atoms with E-state index in [-0.39, 0.29) is 11.8 Å². The molecule has 0 fully saturated rings. The summed E-state index contributed by atoms with van der Waals surface area (Å²) in [5, 5.41) is 5.12. The molecule has 2 aromatic rings. The van der Waals surface area contributed by atoms with Crippen LogP contribution in [0.4, 0.5) is 5.69 Å². The van der Waals surface area contributed by atoms with Crippen molar-refractivity contribution >= 4 is 28.3 Å². The van der Waals surface area contributed by atoms with E-state index in [2.05, 4.69) is 18.0 Å². The molecule has 2 amide bonds. The van der Waals surface area contributed by atoms with Gasteiger partial charge in [-0.15, -0.1) is 0 Å². The predicted octanol–water partition coefficient (Wildman–Crippen LogP) is 1.89. The van der Waals surface area contributed by atoms with Crippen LogP contribution < -0.4 is 11.1 Å². The second-order valence-corrected chi connectivity index (χ2v) is 5.78. The van der Waals surface area contributed by atoms with E-state index in [0.717, 1.165) is 35.8 Å². The summed E-state index contributed by atoms with van der Waals surface area (Å²) in [5.41, 5.74) is 5.93. The summed E-state index contributed by atoms with van der Waals surface area (Å²) in [6, 6.07) is 9.40. The maximum atomic E-state index is 12.6. The first-order valence-electron chi connectivity index (χ1n) is 8.14. The highest BCUT2D eigenvalue weighted by molar-refractivity contribution is 6.26. The highest BCUT2D eigenvalue weighted by Crippen LogP contribution is 2.34. The number of unbranched alkanes of at least 4 members (excludes halogenated alkanes) is 1. The van der Waals surface area contributed by atoms with Crippen molar-refractivity contribution in [1.29, 1.82) is 0 Å². The number of hydrogen-bond donors (Lipinski definition) is 2. The molecule has 0 radical (unpaired) electrons. The fourth-order valence-corrected chi connectivity index (χ4v) is 3.06. The molecule has 1 heterocycles. The van der Waals surface area contributed by atoms with Crippen molar-refractivity contribution in [2.24, 2.45) is 0 Å². The first-order chi connectivity index (χ1) is 11.2. The molecule has 0 saturated heterocycles. The van der Waals surface area contributed by atoms with Crippen LogP contribution in [-0.4, -0.2) is 36.3 Å². The zero-order chi connectivity index (χ0) is 16.4. The smallest absolute Gasteiger partial charge is 0.261 e. The molecule has 0 atom stereocenters. The summed E-state index contributed by atoms with van der Waals surface area (Å²) >= 11 is 0. The Bertz CT molecular complexity index is 748. The molecule has 4 N–H and O–H groups in total. The summed E-state index contributed by atoms with van der Waals surface area (Å²) in [4.78, 5) is 26.6. The fourth-order valence-electron chi connectivity index (χ4n) is 3.06. The third kappa shape index (κ3) is 2.57. The van der Waals surface area contributed by atoms with E-state index < -0.39 is 0 Å². The Morgan fingerprint density at radius 2 is 1.83 bits per heavy atom. The van der Waals surface area contributed by atoms with Gasteiger partial charge in [-0.3, -0.25) is 14.5 Å². The first-order valence-corrected chi connectivity index (χ1v) is 8.14. The van der Waals surface area contributed by atoms with Crippen LogP contribution >= 0.6 is 0 Å². The molecular weight excluding hydrogens is 290 g/mol. The van der Waals surface area contributed by atoms with Gasteiger partial charge in [-0.25, -0.2) is 0 Å². The van der Waals surface area contributed by atoms with Crippen molar-refractivity contribution in [3.05, 3.63) is 41.5 Å². The molecule has 0 aromatic heterocycles. The zero-order valence-corrected chi connectivity index (χ0v) is 13.4. The van der Waals surface area contributed by atoms with Gasteiger partial charge in [0.25, 0.3) is 11.8 Å². The maximum absolute atomic E-state index is 12.6. The second-order valence-electron chi connectivity index (χ2n) is 5.78. The molecule has 120 valence electrons. The van der Waals surface area contributed by atoms with E-state index in [1.165, 1.54) is 4.90 Å². The largest absolute Gasteiger partial charge is 0.385 e. The molecule has 1 aliphatic rings. The number of carbonyl (C=O) groups excluding carboxylic acids is 2. The SMILES string of the molecule is CCCCNc1ccc2c3c(cccc13)C(=O)N(CC[NH3+])C2=O. The van der Waals surface area contributed by atoms with Crippen LogP contribution in [0.25, 0.3) is 10.8 Å². The number of nitrogens with one attached hydrogen (secondary N) is 1. The third-order valence-electron chi connectivity index (χ3n) is 4.22. The van der Waals surface area contributed by atoms with Gasteiger partial charge >= 0.3 is 0 Å². The van der Waals surface area contributed by atoms with Gasteiger partial charge in [0.05, 0.1) is 13.1 Å². The molecular formula is C18H22N3O2+. The van der Waals surface area contributed by atoms with Crippen molar-refractivity contribution in [1.82, 2.24) is 4.90 Å². The molecule has 5 nitrogen and oxygen atoms in total. The summed E-state index contributed by atoms with van der Waals surface area (Å²) in [7, 11) is 0. The van der Waals surface area contributed by atoms with E-state index in [0.29, 0.717) is 24.2 Å². The Balaban J connectivity index is 2.12. The Labute approximate surface area is 135 Å². The Hall–Kier alpha value is -2.40. The lowest BCUT2D eigenvalue weighted by Crippen LogP contribution is -2.57. The van der Waals surface area contributed by atoms with Gasteiger partial charge < -0.3 is 11.1 Å². The van der Waals surface area contributed by atoms with E-state index in [1.54, 1.807) is 6.07 Å². The summed E-state index contributed by atoms with van der Waals surface area (Å²) in [5.74, 6) is -0.440. The van der Waals surface area contributed by atoms with Gasteiger partial charge in [0.15, 0.2) is 0 Å². The molecule has 0 bridgehead atoms. The number of imide groups is 1. The standard InChI is InChI=1S/C18H21N3O2/c1-2-3-10-20-15-8-7-14-16-12(15)5-4-6-13(16)17(22)21(11-9-19)18(14)23/h4-8,20H,2-3,9-11,19H2,1H3/p+1. The molecule has 3 rings (SSSR count). The van der Waals surface area contributed by atoms with Crippen molar-refractivity contribution in [2.45, 2.75) is 19.8 Å². The summed E-state index contributed by atoms with van der Waals surface area (Å²) < 4.78 is 0. The average molecular weight is 312 g/mol. The molecule has 5 heteroatoms. The van der Waals surface area contributed by atoms with Crippen LogP contribution in [0.5, 0.6) is 0 Å². The minimum absolute atomic E-state index is 0.220. The van der Waals surface area contributed by atoms with Crippen molar-refractivity contribution in [3.63, 3.8) is 0 Å². The fraction of sp³-hybridized carbons (Fsp3) is 0.333. The zero-order valence-electron chi connectivity index (χ0n) is 13.4. The monoisotopic (exact) mass is 312 g/mol. The topological polar surface area (TPSA) is 77.1 Å². The minimum atomic E-state index is -0.220. The molecule has 0 saturated carbocycles. The highest BCUT2D eigenvalue weighted by Gasteiger charge is 2.32. The first kappa shape index (κ1) is 15.5. The normalized spacial score (nSPS) is 13.7. The van der Waals surface area contributed by atoms with Gasteiger partial charge in [-0.05, 0) is 24.6 Å². The van der Waals surface area contributed by atoms with Gasteiger partial charge in [0.2, 0.25) is 0 Å². The number of carbonyl (C=O) groups is 2. The third-order valence-corrected chi connectivity index (χ3v) is 4.22. The number of benzene rings is 2. The van der Waals surface area contributed by atoms with Crippen molar-refractivity contribution in [3.8, 4) is 0 Å². The number of nitrogens with zero attached hydrogens (tertiary/aromatic N) is 1. The van der Waals surface area contributed by atoms with Gasteiger partial charge in [-0.1, -0.05) is 25.5 Å². The van der Waals surface area contributed by atoms with Crippen LogP contribution in [-0.2, 0) is 0 Å². The minimum Gasteiger partial charge on any atom is -0.385 e. The number of anilines is 1. The lowest BCUT2D eigenvalue weighted by Gasteiger charge is -2.27. The molecule has 1 aliphatic heterocycles. The number of hydrogen-bond acceptors (Lipinski definition) is 3. The predicted molar refractivity (Wildman–Crippen MR) is 90.5 cm³/mol. The van der Waals surface area contributed by atoms with Crippen LogP contribution in [0.3, 0.4) is 0 Å². The Morgan fingerprint density at radius 3 is 2.52 bits per heavy atom. The second kappa shape index (κ2) is 6.38. The van der Waals surface area contributed by atoms with Crippen molar-refractivity contribution in [2.75, 3.05) is 25.0 Å². The van der Waals surface area contributed by atoms with Crippen LogP contribution in [0.15, 0.2) is 30.3 Å². The Morgan fingerprint density at radius 1 is 1.09 bits per heavy atom. The molecule has 0 unspecified atom stereocenters. The van der Waals surface area contributed by atoms with Gasteiger partial charge in [0, 0.05) is 34.1 Å². The highest BCUT2D eigenvalue weighted by atomic mass is 16.2. The van der Waals surface area contributed by atoms with Gasteiger partial charge in [-0.2, -0.15) is 0 Å². The number of quaternary nitrogens is 1. The number of amides is 2. The quantitative estimate of drug-likeness (QED) is 0.631. The molecule has 2 aromatic carbocycles. The summed E-state index contributed by atoms with van der Waals surface area (Å²) in [6.45, 7) is 3.89. The molecule has 0 spiro atoms. The number of rotatable bonds is 6. The lowest BCUT2D eigenvalue weighted by molar-refractivity contribution is -0.367. The van der Waals surface area contributed by atoms with Crippen molar-refractivity contribution < 1.29 is 15.3 Å². The lowest BCUT2D eigenvalue weighted by atomic mass is 9.93. The van der Waals surface area contributed by atoms with E-state index in [9.17, 15) is 9.59 Å². The van der Waals surface area contributed by atoms with E-state index in [4.69, 9.17) is 0 Å². The average Bonchev–Trinajstić information content (AvgIpc) is 2.57. The maximum Gasteiger partial charge on any atom is 0.261 e.